The van der Waals surface area contributed by atoms with E-state index in [9.17, 15) is 68.4 Å². The van der Waals surface area contributed by atoms with Crippen molar-refractivity contribution in [3.8, 4) is 157 Å². The van der Waals surface area contributed by atoms with Gasteiger partial charge in [0.1, 0.15) is 0 Å². The smallest absolute Gasteiger partial charge is 0.309 e. The molecule has 0 aliphatic carbocycles. The van der Waals surface area contributed by atoms with Gasteiger partial charge in [0.15, 0.2) is 0 Å². The van der Waals surface area contributed by atoms with E-state index in [0.29, 0.717) is 51.1 Å². The molecule has 13 aromatic rings. The highest BCUT2D eigenvalue weighted by Crippen LogP contribution is 2.50. The first-order valence-electron chi connectivity index (χ1n) is 29.9. The molecule has 0 saturated carbocycles. The summed E-state index contributed by atoms with van der Waals surface area (Å²) in [5.74, 6) is 0. The molecule has 11 aromatic carbocycles. The second-order valence-corrected chi connectivity index (χ2v) is 23.0. The molecule has 0 aliphatic heterocycles. The highest BCUT2D eigenvalue weighted by molar-refractivity contribution is 6.15. The molecule has 2 heterocycles. The number of halogens is 6. The minimum absolute atomic E-state index is 0.0121. The summed E-state index contributed by atoms with van der Waals surface area (Å²) in [6.45, 7) is 0. The SMILES string of the molecule is N#Cc1cc(C#N)c(-c2ccc3c(c2)c2cc(-c4c(C#N)cc(C#N)cc4C#N)ccc2n3-c2cc(C#N)ccc2-c2ccc(-c3c(C(F)(F)F)cccc3C(F)(F)F)cc2-n2c3ccc(-c4c(C#N)cc(C#N)cc4C#N)cc3c3cc(-c4c(C#N)cc(C#N)cc4C#N)ccc32)c(C#N)c1. The summed E-state index contributed by atoms with van der Waals surface area (Å²) < 4.78 is 96.2. The predicted molar refractivity (Wildman–Crippen MR) is 359 cm³/mol. The Morgan fingerprint density at radius 3 is 0.735 bits per heavy atom. The highest BCUT2D eigenvalue weighted by atomic mass is 19.4. The van der Waals surface area contributed by atoms with Crippen molar-refractivity contribution in [2.24, 2.45) is 0 Å². The van der Waals surface area contributed by atoms with Gasteiger partial charge in [-0.15, -0.1) is 0 Å². The van der Waals surface area contributed by atoms with Crippen LogP contribution in [0.25, 0.3) is 122 Å². The van der Waals surface area contributed by atoms with Crippen molar-refractivity contribution in [3.63, 3.8) is 0 Å². The van der Waals surface area contributed by atoms with E-state index in [1.807, 2.05) is 24.3 Å². The Morgan fingerprint density at radius 1 is 0.235 bits per heavy atom. The Bertz CT molecular complexity index is 6130. The molecule has 0 atom stereocenters. The second-order valence-electron chi connectivity index (χ2n) is 23.0. The fraction of sp³-hybridized carbons (Fsp3) is 0.0247. The van der Waals surface area contributed by atoms with Crippen molar-refractivity contribution in [1.29, 1.82) is 68.4 Å². The largest absolute Gasteiger partial charge is 0.417 e. The van der Waals surface area contributed by atoms with Crippen LogP contribution < -0.4 is 0 Å². The van der Waals surface area contributed by atoms with Gasteiger partial charge >= 0.3 is 12.4 Å². The van der Waals surface area contributed by atoms with Gasteiger partial charge in [0.2, 0.25) is 0 Å². The first-order valence-corrected chi connectivity index (χ1v) is 29.9. The van der Waals surface area contributed by atoms with E-state index in [4.69, 9.17) is 0 Å². The standard InChI is InChI=1S/C81H29F6N15/c82-80(83,84)67-2-1-3-68(81(85,86)87)79(67)52-5-11-62(74(29-52)102-71-14-8-50(77-57(39-97)20-46(33-91)21-58(77)40-98)27-65(71)66-28-51(9-15-72(66)102)78-59(41-99)22-47(34-92)23-60(78)42-100)61-10-4-43(30-88)24-73(61)101-69-12-6-48(75-53(35-93)16-44(31-89)17-54(75)36-94)25-63(69)64-26-49(7-13-70(64)101)76-55(37-95)18-45(32-90)19-56(76)38-96/h1-29H. The summed E-state index contributed by atoms with van der Waals surface area (Å²) in [7, 11) is 0. The fourth-order valence-electron chi connectivity index (χ4n) is 13.4. The van der Waals surface area contributed by atoms with Crippen molar-refractivity contribution < 1.29 is 26.3 Å². The number of nitrogens with zero attached hydrogens (tertiary/aromatic N) is 15. The topological polar surface area (TPSA) is 319 Å². The molecule has 0 spiro atoms. The van der Waals surface area contributed by atoms with Crippen LogP contribution in [0.15, 0.2) is 176 Å². The maximum Gasteiger partial charge on any atom is 0.417 e. The van der Waals surface area contributed by atoms with Crippen LogP contribution in [0, 0.1) is 147 Å². The predicted octanol–water partition coefficient (Wildman–Crippen LogP) is 18.3. The zero-order valence-corrected chi connectivity index (χ0v) is 51.7. The number of hydrogen-bond donors (Lipinski definition) is 0. The molecule has 470 valence electrons. The second kappa shape index (κ2) is 24.9. The number of nitriles is 13. The number of aromatic nitrogens is 2. The van der Waals surface area contributed by atoms with Crippen molar-refractivity contribution in [1.82, 2.24) is 9.13 Å². The first kappa shape index (κ1) is 64.7. The van der Waals surface area contributed by atoms with Crippen LogP contribution in [0.2, 0.25) is 0 Å². The molecule has 0 aliphatic rings. The van der Waals surface area contributed by atoms with Gasteiger partial charge in [0.25, 0.3) is 0 Å². The summed E-state index contributed by atoms with van der Waals surface area (Å²) in [5, 5.41) is 136. The lowest BCUT2D eigenvalue weighted by molar-refractivity contribution is -0.142. The number of benzene rings is 11. The van der Waals surface area contributed by atoms with Crippen molar-refractivity contribution in [2.75, 3.05) is 0 Å². The summed E-state index contributed by atoms with van der Waals surface area (Å²) >= 11 is 0. The van der Waals surface area contributed by atoms with Crippen LogP contribution in [0.1, 0.15) is 83.5 Å². The molecule has 0 fully saturated rings. The molecule has 0 bridgehead atoms. The van der Waals surface area contributed by atoms with Crippen molar-refractivity contribution in [3.05, 3.63) is 259 Å². The monoisotopic (exact) mass is 1330 g/mol. The van der Waals surface area contributed by atoms with Crippen molar-refractivity contribution in [2.45, 2.75) is 12.4 Å². The summed E-state index contributed by atoms with van der Waals surface area (Å²) in [6.07, 6.45) is -10.8. The zero-order valence-electron chi connectivity index (χ0n) is 51.7. The molecular weight excluding hydrogens is 1300 g/mol. The maximum absolute atomic E-state index is 15.5. The molecule has 0 saturated heterocycles. The van der Waals surface area contributed by atoms with Crippen LogP contribution in [-0.2, 0) is 12.4 Å². The van der Waals surface area contributed by atoms with E-state index >= 15 is 26.3 Å². The molecule has 102 heavy (non-hydrogen) atoms. The summed E-state index contributed by atoms with van der Waals surface area (Å²) in [4.78, 5) is 0. The van der Waals surface area contributed by atoms with Gasteiger partial charge in [-0.05, 0) is 155 Å². The van der Waals surface area contributed by atoms with Crippen LogP contribution in [0.4, 0.5) is 26.3 Å². The average molecular weight is 1330 g/mol. The van der Waals surface area contributed by atoms with Gasteiger partial charge in [-0.3, -0.25) is 0 Å². The third-order valence-electron chi connectivity index (χ3n) is 17.6. The lowest BCUT2D eigenvalue weighted by atomic mass is 9.90. The molecule has 21 heteroatoms. The lowest BCUT2D eigenvalue weighted by Gasteiger charge is -2.22. The molecule has 0 radical (unpaired) electrons. The van der Waals surface area contributed by atoms with E-state index in [0.717, 1.165) is 12.1 Å². The van der Waals surface area contributed by atoms with Gasteiger partial charge in [-0.1, -0.05) is 48.5 Å². The van der Waals surface area contributed by atoms with Crippen LogP contribution in [0.3, 0.4) is 0 Å². The van der Waals surface area contributed by atoms with E-state index in [-0.39, 0.29) is 150 Å². The van der Waals surface area contributed by atoms with E-state index in [2.05, 4.69) is 54.6 Å². The Labute approximate surface area is 573 Å². The summed E-state index contributed by atoms with van der Waals surface area (Å²) in [6, 6.07) is 65.8. The van der Waals surface area contributed by atoms with Gasteiger partial charge in [-0.2, -0.15) is 94.7 Å². The van der Waals surface area contributed by atoms with E-state index in [1.165, 1.54) is 84.9 Å². The van der Waals surface area contributed by atoms with Crippen LogP contribution in [0.5, 0.6) is 0 Å². The van der Waals surface area contributed by atoms with Gasteiger partial charge in [0, 0.05) is 60.5 Å². The number of fused-ring (bicyclic) bond motifs is 6. The van der Waals surface area contributed by atoms with Crippen molar-refractivity contribution >= 4 is 43.6 Å². The molecule has 15 nitrogen and oxygen atoms in total. The molecule has 13 rings (SSSR count). The Kier molecular flexibility index (Phi) is 15.8. The molecule has 0 amide bonds. The summed E-state index contributed by atoms with van der Waals surface area (Å²) in [5.41, 5.74) is -2.64. The van der Waals surface area contributed by atoms with E-state index < -0.39 is 34.6 Å². The quantitative estimate of drug-likeness (QED) is 0.128. The minimum atomic E-state index is -5.38. The first-order chi connectivity index (χ1) is 49.2. The van der Waals surface area contributed by atoms with Gasteiger partial charge in [-0.25, -0.2) is 0 Å². The average Bonchev–Trinajstić information content (AvgIpc) is 1.55. The number of rotatable bonds is 8. The number of hydrogen-bond acceptors (Lipinski definition) is 13. The molecular formula is C81H29F6N15. The Hall–Kier alpha value is -16.0. The maximum atomic E-state index is 15.5. The van der Waals surface area contributed by atoms with Gasteiger partial charge in [0.05, 0.1) is 196 Å². The van der Waals surface area contributed by atoms with E-state index in [1.54, 1.807) is 69.8 Å². The Morgan fingerprint density at radius 2 is 0.480 bits per heavy atom. The highest BCUT2D eigenvalue weighted by Gasteiger charge is 2.41. The molecule has 0 unspecified atom stereocenters. The third-order valence-corrected chi connectivity index (χ3v) is 17.6. The number of alkyl halides is 6. The lowest BCUT2D eigenvalue weighted by Crippen LogP contribution is -2.14. The van der Waals surface area contributed by atoms with Gasteiger partial charge < -0.3 is 9.13 Å². The molecule has 0 N–H and O–H groups in total. The fourth-order valence-corrected chi connectivity index (χ4v) is 13.4. The van der Waals surface area contributed by atoms with Crippen LogP contribution in [-0.4, -0.2) is 9.13 Å². The third kappa shape index (κ3) is 10.6. The Balaban J connectivity index is 1.19. The normalized spacial score (nSPS) is 10.9. The minimum Gasteiger partial charge on any atom is -0.309 e. The zero-order chi connectivity index (χ0) is 72.2. The van der Waals surface area contributed by atoms with Crippen LogP contribution >= 0.6 is 0 Å². The molecule has 2 aromatic heterocycles.